The van der Waals surface area contributed by atoms with Crippen LogP contribution in [0.2, 0.25) is 0 Å². The largest absolute Gasteiger partial charge is 1.00 e. The number of rotatable bonds is 10. The number of quaternary nitrogens is 1. The highest BCUT2D eigenvalue weighted by Gasteiger charge is 2.45. The first-order valence-corrected chi connectivity index (χ1v) is 10.4. The minimum Gasteiger partial charge on any atom is -1.00 e. The summed E-state index contributed by atoms with van der Waals surface area (Å²) < 4.78 is 7.18. The van der Waals surface area contributed by atoms with Gasteiger partial charge < -0.3 is 21.6 Å². The van der Waals surface area contributed by atoms with E-state index in [0.717, 1.165) is 36.5 Å². The van der Waals surface area contributed by atoms with Crippen LogP contribution in [0.15, 0.2) is 60.7 Å². The standard InChI is InChI=1S/C25H38NO.ClH/c1-21(2)19-26(20-22(3)4,17-18-27-24-15-11-8-12-16-24)25(5,6)23-13-9-7-10-14-23;/h7-16,21-22H,17-20H2,1-6H3;1H/q+1;/p-1. The molecule has 0 aliphatic heterocycles. The molecule has 0 atom stereocenters. The summed E-state index contributed by atoms with van der Waals surface area (Å²) in [5.74, 6) is 2.22. The quantitative estimate of drug-likeness (QED) is 0.554. The van der Waals surface area contributed by atoms with Gasteiger partial charge in [-0.15, -0.1) is 0 Å². The highest BCUT2D eigenvalue weighted by Crippen LogP contribution is 2.37. The fraction of sp³-hybridized carbons (Fsp3) is 0.520. The molecule has 28 heavy (non-hydrogen) atoms. The van der Waals surface area contributed by atoms with Crippen LogP contribution >= 0.6 is 0 Å². The predicted octanol–water partition coefficient (Wildman–Crippen LogP) is 3.13. The Hall–Kier alpha value is -1.51. The summed E-state index contributed by atoms with van der Waals surface area (Å²) in [5, 5.41) is 0. The van der Waals surface area contributed by atoms with Crippen molar-refractivity contribution in [3.8, 4) is 5.75 Å². The van der Waals surface area contributed by atoms with Crippen LogP contribution in [-0.4, -0.2) is 30.7 Å². The summed E-state index contributed by atoms with van der Waals surface area (Å²) in [6.07, 6.45) is 0. The van der Waals surface area contributed by atoms with E-state index in [-0.39, 0.29) is 17.9 Å². The molecule has 2 rings (SSSR count). The first-order chi connectivity index (χ1) is 12.8. The molecule has 3 heteroatoms. The van der Waals surface area contributed by atoms with E-state index < -0.39 is 0 Å². The predicted molar refractivity (Wildman–Crippen MR) is 116 cm³/mol. The third-order valence-corrected chi connectivity index (χ3v) is 5.63. The molecule has 0 bridgehead atoms. The van der Waals surface area contributed by atoms with Gasteiger partial charge in [0.05, 0.1) is 13.1 Å². The number of halogens is 1. The third-order valence-electron chi connectivity index (χ3n) is 5.63. The number of para-hydroxylation sites is 1. The van der Waals surface area contributed by atoms with Gasteiger partial charge in [-0.05, 0) is 26.0 Å². The van der Waals surface area contributed by atoms with Crippen molar-refractivity contribution in [3.63, 3.8) is 0 Å². The Kier molecular flexibility index (Phi) is 9.53. The number of hydrogen-bond donors (Lipinski definition) is 0. The number of nitrogens with zero attached hydrogens (tertiary/aromatic N) is 1. The number of benzene rings is 2. The normalized spacial score (nSPS) is 12.1. The van der Waals surface area contributed by atoms with Gasteiger partial charge in [0.2, 0.25) is 0 Å². The van der Waals surface area contributed by atoms with Crippen LogP contribution in [0.1, 0.15) is 47.1 Å². The van der Waals surface area contributed by atoms with Gasteiger partial charge in [0, 0.05) is 17.4 Å². The van der Waals surface area contributed by atoms with E-state index in [4.69, 9.17) is 4.74 Å². The first-order valence-electron chi connectivity index (χ1n) is 10.4. The fourth-order valence-corrected chi connectivity index (χ4v) is 4.37. The second kappa shape index (κ2) is 10.9. The van der Waals surface area contributed by atoms with Crippen molar-refractivity contribution in [1.82, 2.24) is 0 Å². The van der Waals surface area contributed by atoms with Crippen molar-refractivity contribution >= 4 is 0 Å². The molecule has 0 aliphatic carbocycles. The lowest BCUT2D eigenvalue weighted by atomic mass is 9.86. The second-order valence-electron chi connectivity index (χ2n) is 9.11. The first kappa shape index (κ1) is 24.5. The molecular weight excluding hydrogens is 366 g/mol. The molecule has 0 saturated heterocycles. The van der Waals surface area contributed by atoms with Gasteiger partial charge in [-0.1, -0.05) is 76.2 Å². The second-order valence-corrected chi connectivity index (χ2v) is 9.11. The molecule has 0 fully saturated rings. The molecule has 2 aromatic carbocycles. The maximum absolute atomic E-state index is 6.14. The SMILES string of the molecule is CC(C)C[N+](CCOc1ccccc1)(CC(C)C)C(C)(C)c1ccccc1.[Cl-]. The van der Waals surface area contributed by atoms with Crippen LogP contribution in [0.3, 0.4) is 0 Å². The zero-order chi connectivity index (χ0) is 19.9. The van der Waals surface area contributed by atoms with Crippen molar-refractivity contribution < 1.29 is 21.6 Å². The lowest BCUT2D eigenvalue weighted by Crippen LogP contribution is -3.00. The molecule has 156 valence electrons. The molecule has 0 unspecified atom stereocenters. The smallest absolute Gasteiger partial charge is 0.137 e. The summed E-state index contributed by atoms with van der Waals surface area (Å²) in [7, 11) is 0. The summed E-state index contributed by atoms with van der Waals surface area (Å²) in [5.41, 5.74) is 1.43. The Labute approximate surface area is 178 Å². The number of ether oxygens (including phenoxy) is 1. The molecule has 0 heterocycles. The zero-order valence-electron chi connectivity index (χ0n) is 18.5. The summed E-state index contributed by atoms with van der Waals surface area (Å²) in [6.45, 7) is 18.2. The summed E-state index contributed by atoms with van der Waals surface area (Å²) >= 11 is 0. The van der Waals surface area contributed by atoms with E-state index in [1.165, 1.54) is 5.56 Å². The van der Waals surface area contributed by atoms with Gasteiger partial charge in [-0.2, -0.15) is 0 Å². The minimum absolute atomic E-state index is 0. The van der Waals surface area contributed by atoms with Gasteiger partial charge in [-0.3, -0.25) is 0 Å². The van der Waals surface area contributed by atoms with Crippen molar-refractivity contribution in [2.45, 2.75) is 47.1 Å². The Balaban J connectivity index is 0.00000392. The van der Waals surface area contributed by atoms with Crippen LogP contribution in [0.4, 0.5) is 0 Å². The van der Waals surface area contributed by atoms with Crippen LogP contribution in [-0.2, 0) is 5.54 Å². The van der Waals surface area contributed by atoms with E-state index in [0.29, 0.717) is 11.8 Å². The monoisotopic (exact) mass is 403 g/mol. The van der Waals surface area contributed by atoms with E-state index in [9.17, 15) is 0 Å². The zero-order valence-corrected chi connectivity index (χ0v) is 19.2. The third kappa shape index (κ3) is 6.25. The molecule has 0 aliphatic rings. The minimum atomic E-state index is 0. The average molecular weight is 404 g/mol. The molecule has 2 aromatic rings. The van der Waals surface area contributed by atoms with Crippen molar-refractivity contribution in [2.75, 3.05) is 26.2 Å². The van der Waals surface area contributed by atoms with E-state index in [2.05, 4.69) is 71.9 Å². The van der Waals surface area contributed by atoms with Crippen LogP contribution in [0.25, 0.3) is 0 Å². The summed E-state index contributed by atoms with van der Waals surface area (Å²) in [6, 6.07) is 21.2. The Morgan fingerprint density at radius 3 is 1.71 bits per heavy atom. The Bertz CT molecular complexity index is 657. The maximum atomic E-state index is 6.14. The fourth-order valence-electron chi connectivity index (χ4n) is 4.37. The van der Waals surface area contributed by atoms with Crippen molar-refractivity contribution in [3.05, 3.63) is 66.2 Å². The van der Waals surface area contributed by atoms with Crippen LogP contribution in [0.5, 0.6) is 5.75 Å². The highest BCUT2D eigenvalue weighted by molar-refractivity contribution is 5.22. The van der Waals surface area contributed by atoms with E-state index in [1.807, 2.05) is 30.3 Å². The van der Waals surface area contributed by atoms with Gasteiger partial charge in [-0.25, -0.2) is 0 Å². The molecule has 0 N–H and O–H groups in total. The van der Waals surface area contributed by atoms with Crippen LogP contribution in [0, 0.1) is 11.8 Å². The molecule has 0 spiro atoms. The molecule has 0 radical (unpaired) electrons. The van der Waals surface area contributed by atoms with Gasteiger partial charge in [0.1, 0.15) is 24.4 Å². The highest BCUT2D eigenvalue weighted by atomic mass is 35.5. The van der Waals surface area contributed by atoms with Gasteiger partial charge >= 0.3 is 0 Å². The van der Waals surface area contributed by atoms with Gasteiger partial charge in [0.25, 0.3) is 0 Å². The van der Waals surface area contributed by atoms with Crippen molar-refractivity contribution in [2.24, 2.45) is 11.8 Å². The van der Waals surface area contributed by atoms with E-state index in [1.54, 1.807) is 0 Å². The Morgan fingerprint density at radius 1 is 0.786 bits per heavy atom. The molecule has 2 nitrogen and oxygen atoms in total. The average Bonchev–Trinajstić information content (AvgIpc) is 2.62. The lowest BCUT2D eigenvalue weighted by Gasteiger charge is -2.52. The topological polar surface area (TPSA) is 9.23 Å². The van der Waals surface area contributed by atoms with Crippen LogP contribution < -0.4 is 17.1 Å². The van der Waals surface area contributed by atoms with E-state index >= 15 is 0 Å². The molecule has 0 amide bonds. The molecular formula is C25H38ClNO. The summed E-state index contributed by atoms with van der Waals surface area (Å²) in [4.78, 5) is 0. The lowest BCUT2D eigenvalue weighted by molar-refractivity contribution is -0.985. The number of hydrogen-bond acceptors (Lipinski definition) is 1. The van der Waals surface area contributed by atoms with Crippen molar-refractivity contribution in [1.29, 1.82) is 0 Å². The molecule has 0 aromatic heterocycles. The van der Waals surface area contributed by atoms with Gasteiger partial charge in [0.15, 0.2) is 0 Å². The maximum Gasteiger partial charge on any atom is 0.137 e. The Morgan fingerprint density at radius 2 is 1.25 bits per heavy atom. The molecule has 0 saturated carbocycles.